The average Bonchev–Trinajstić information content (AvgIpc) is 3.21. The van der Waals surface area contributed by atoms with Crippen molar-refractivity contribution in [3.8, 4) is 11.5 Å². The second-order valence-corrected chi connectivity index (χ2v) is 6.61. The Bertz CT molecular complexity index is 886. The van der Waals surface area contributed by atoms with Crippen LogP contribution in [-0.4, -0.2) is 28.4 Å². The van der Waals surface area contributed by atoms with Crippen LogP contribution in [0.1, 0.15) is 43.0 Å². The fourth-order valence-corrected chi connectivity index (χ4v) is 3.75. The third-order valence-corrected chi connectivity index (χ3v) is 5.08. The molecule has 0 N–H and O–H groups in total. The Labute approximate surface area is 147 Å². The smallest absolute Gasteiger partial charge is 0.254 e. The van der Waals surface area contributed by atoms with Crippen molar-refractivity contribution in [2.75, 3.05) is 6.54 Å². The first kappa shape index (κ1) is 15.9. The lowest BCUT2D eigenvalue weighted by Crippen LogP contribution is -2.43. The Balaban J connectivity index is 1.83. The molecule has 3 aromatic rings. The van der Waals surface area contributed by atoms with Gasteiger partial charge >= 0.3 is 0 Å². The van der Waals surface area contributed by atoms with E-state index in [4.69, 9.17) is 4.42 Å². The van der Waals surface area contributed by atoms with Crippen molar-refractivity contribution in [2.24, 2.45) is 0 Å². The molecule has 128 valence electrons. The van der Waals surface area contributed by atoms with E-state index in [2.05, 4.69) is 16.8 Å². The largest absolute Gasteiger partial charge is 0.463 e. The SMILES string of the molecule is CCC1CCCCN1C(=O)c1cc(-c2ccco2)nc2ccccc12. The summed E-state index contributed by atoms with van der Waals surface area (Å²) < 4.78 is 5.50. The standard InChI is InChI=1S/C21H22N2O2/c1-2-15-8-5-6-12-23(15)21(24)17-14-19(20-11-7-13-25-20)22-18-10-4-3-9-16(17)18/h3-4,7,9-11,13-15H,2,5-6,8,12H2,1H3. The van der Waals surface area contributed by atoms with E-state index in [0.29, 0.717) is 17.5 Å². The zero-order valence-corrected chi connectivity index (χ0v) is 14.4. The summed E-state index contributed by atoms with van der Waals surface area (Å²) in [5, 5.41) is 0.906. The molecule has 0 radical (unpaired) electrons. The van der Waals surface area contributed by atoms with E-state index in [0.717, 1.165) is 42.3 Å². The summed E-state index contributed by atoms with van der Waals surface area (Å²) in [6.45, 7) is 3.00. The molecule has 4 heteroatoms. The van der Waals surface area contributed by atoms with Crippen LogP contribution >= 0.6 is 0 Å². The van der Waals surface area contributed by atoms with Crippen molar-refractivity contribution in [3.05, 3.63) is 54.3 Å². The minimum Gasteiger partial charge on any atom is -0.463 e. The summed E-state index contributed by atoms with van der Waals surface area (Å²) in [5.41, 5.74) is 2.25. The van der Waals surface area contributed by atoms with Gasteiger partial charge in [-0.2, -0.15) is 0 Å². The minimum atomic E-state index is 0.109. The van der Waals surface area contributed by atoms with Gasteiger partial charge in [0.1, 0.15) is 5.69 Å². The van der Waals surface area contributed by atoms with Crippen LogP contribution in [0.25, 0.3) is 22.4 Å². The molecule has 0 saturated carbocycles. The van der Waals surface area contributed by atoms with Gasteiger partial charge in [-0.1, -0.05) is 25.1 Å². The number of pyridine rings is 1. The van der Waals surface area contributed by atoms with Crippen LogP contribution in [0.2, 0.25) is 0 Å². The number of likely N-dealkylation sites (tertiary alicyclic amines) is 1. The van der Waals surface area contributed by atoms with Crippen LogP contribution in [0.3, 0.4) is 0 Å². The van der Waals surface area contributed by atoms with Crippen molar-refractivity contribution in [1.29, 1.82) is 0 Å². The van der Waals surface area contributed by atoms with Gasteiger partial charge in [-0.05, 0) is 49.9 Å². The summed E-state index contributed by atoms with van der Waals surface area (Å²) in [7, 11) is 0. The molecular weight excluding hydrogens is 312 g/mol. The molecule has 1 unspecified atom stereocenters. The maximum atomic E-state index is 13.4. The Kier molecular flexibility index (Phi) is 4.26. The average molecular weight is 334 g/mol. The molecule has 0 aliphatic carbocycles. The van der Waals surface area contributed by atoms with Crippen LogP contribution < -0.4 is 0 Å². The highest BCUT2D eigenvalue weighted by Crippen LogP contribution is 2.28. The minimum absolute atomic E-state index is 0.109. The predicted octanol–water partition coefficient (Wildman–Crippen LogP) is 4.90. The van der Waals surface area contributed by atoms with Gasteiger partial charge < -0.3 is 9.32 Å². The molecule has 1 aliphatic heterocycles. The number of rotatable bonds is 3. The van der Waals surface area contributed by atoms with Gasteiger partial charge in [-0.15, -0.1) is 0 Å². The maximum absolute atomic E-state index is 13.4. The number of furan rings is 1. The molecule has 1 amide bonds. The highest BCUT2D eigenvalue weighted by molar-refractivity contribution is 6.07. The molecule has 3 heterocycles. The first-order valence-corrected chi connectivity index (χ1v) is 9.02. The summed E-state index contributed by atoms with van der Waals surface area (Å²) >= 11 is 0. The van der Waals surface area contributed by atoms with Crippen LogP contribution in [0, 0.1) is 0 Å². The molecule has 4 rings (SSSR count). The first-order valence-electron chi connectivity index (χ1n) is 9.02. The Morgan fingerprint density at radius 2 is 2.12 bits per heavy atom. The van der Waals surface area contributed by atoms with E-state index < -0.39 is 0 Å². The quantitative estimate of drug-likeness (QED) is 0.684. The number of hydrogen-bond donors (Lipinski definition) is 0. The number of para-hydroxylation sites is 1. The second-order valence-electron chi connectivity index (χ2n) is 6.61. The number of hydrogen-bond acceptors (Lipinski definition) is 3. The van der Waals surface area contributed by atoms with Gasteiger partial charge in [0, 0.05) is 18.0 Å². The highest BCUT2D eigenvalue weighted by atomic mass is 16.3. The van der Waals surface area contributed by atoms with Gasteiger partial charge in [0.25, 0.3) is 5.91 Å². The molecule has 1 fully saturated rings. The molecule has 1 aromatic carbocycles. The number of nitrogens with zero attached hydrogens (tertiary/aromatic N) is 2. The lowest BCUT2D eigenvalue weighted by atomic mass is 9.97. The maximum Gasteiger partial charge on any atom is 0.254 e. The molecule has 2 aromatic heterocycles. The van der Waals surface area contributed by atoms with Gasteiger partial charge in [0.05, 0.1) is 17.3 Å². The van der Waals surface area contributed by atoms with E-state index in [1.807, 2.05) is 42.5 Å². The van der Waals surface area contributed by atoms with E-state index in [9.17, 15) is 4.79 Å². The molecule has 1 aliphatic rings. The van der Waals surface area contributed by atoms with Crippen molar-refractivity contribution in [1.82, 2.24) is 9.88 Å². The van der Waals surface area contributed by atoms with Gasteiger partial charge in [0.2, 0.25) is 0 Å². The van der Waals surface area contributed by atoms with Crippen LogP contribution in [0.4, 0.5) is 0 Å². The summed E-state index contributed by atoms with van der Waals surface area (Å²) in [4.78, 5) is 20.1. The lowest BCUT2D eigenvalue weighted by molar-refractivity contribution is 0.0610. The second kappa shape index (κ2) is 6.71. The number of benzene rings is 1. The van der Waals surface area contributed by atoms with E-state index >= 15 is 0 Å². The zero-order valence-electron chi connectivity index (χ0n) is 14.4. The summed E-state index contributed by atoms with van der Waals surface area (Å²) in [6.07, 6.45) is 6.01. The topological polar surface area (TPSA) is 46.3 Å². The van der Waals surface area contributed by atoms with Gasteiger partial charge in [-0.25, -0.2) is 4.98 Å². The Morgan fingerprint density at radius 1 is 1.24 bits per heavy atom. The molecular formula is C21H22N2O2. The molecule has 1 atom stereocenters. The summed E-state index contributed by atoms with van der Waals surface area (Å²) in [5.74, 6) is 0.795. The van der Waals surface area contributed by atoms with E-state index in [-0.39, 0.29) is 5.91 Å². The first-order chi connectivity index (χ1) is 12.3. The predicted molar refractivity (Wildman–Crippen MR) is 98.4 cm³/mol. The fourth-order valence-electron chi connectivity index (χ4n) is 3.75. The molecule has 0 spiro atoms. The van der Waals surface area contributed by atoms with E-state index in [1.54, 1.807) is 6.26 Å². The van der Waals surface area contributed by atoms with Crippen molar-refractivity contribution in [2.45, 2.75) is 38.6 Å². The lowest BCUT2D eigenvalue weighted by Gasteiger charge is -2.35. The molecule has 0 bridgehead atoms. The van der Waals surface area contributed by atoms with Crippen LogP contribution in [-0.2, 0) is 0 Å². The third-order valence-electron chi connectivity index (χ3n) is 5.08. The van der Waals surface area contributed by atoms with Crippen molar-refractivity contribution < 1.29 is 9.21 Å². The Hall–Kier alpha value is -2.62. The normalized spacial score (nSPS) is 17.8. The number of aromatic nitrogens is 1. The monoisotopic (exact) mass is 334 g/mol. The number of carbonyl (C=O) groups excluding carboxylic acids is 1. The number of piperidine rings is 1. The van der Waals surface area contributed by atoms with Crippen molar-refractivity contribution in [3.63, 3.8) is 0 Å². The van der Waals surface area contributed by atoms with Gasteiger partial charge in [0.15, 0.2) is 5.76 Å². The van der Waals surface area contributed by atoms with Crippen LogP contribution in [0.5, 0.6) is 0 Å². The molecule has 4 nitrogen and oxygen atoms in total. The van der Waals surface area contributed by atoms with Crippen LogP contribution in [0.15, 0.2) is 53.1 Å². The molecule has 1 saturated heterocycles. The van der Waals surface area contributed by atoms with Gasteiger partial charge in [-0.3, -0.25) is 4.79 Å². The third kappa shape index (κ3) is 2.93. The van der Waals surface area contributed by atoms with E-state index in [1.165, 1.54) is 6.42 Å². The summed E-state index contributed by atoms with van der Waals surface area (Å²) in [6, 6.07) is 13.8. The fraction of sp³-hybridized carbons (Fsp3) is 0.333. The number of carbonyl (C=O) groups is 1. The number of amides is 1. The Morgan fingerprint density at radius 3 is 2.92 bits per heavy atom. The highest BCUT2D eigenvalue weighted by Gasteiger charge is 2.27. The molecule has 25 heavy (non-hydrogen) atoms. The number of fused-ring (bicyclic) bond motifs is 1. The van der Waals surface area contributed by atoms with Crippen molar-refractivity contribution >= 4 is 16.8 Å². The zero-order chi connectivity index (χ0) is 17.2.